The summed E-state index contributed by atoms with van der Waals surface area (Å²) in [6, 6.07) is 6.58. The SMILES string of the molecule is CC(=O)c1ccc(N2CCN(C)CC2C(=O)O)cc1. The van der Waals surface area contributed by atoms with Crippen LogP contribution in [-0.4, -0.2) is 54.5 Å². The van der Waals surface area contributed by atoms with Crippen LogP contribution in [0.1, 0.15) is 17.3 Å². The first-order valence-electron chi connectivity index (χ1n) is 6.28. The van der Waals surface area contributed by atoms with Gasteiger partial charge in [0.1, 0.15) is 6.04 Å². The highest BCUT2D eigenvalue weighted by Crippen LogP contribution is 2.21. The van der Waals surface area contributed by atoms with Crippen LogP contribution in [0.4, 0.5) is 5.69 Å². The maximum atomic E-state index is 11.3. The van der Waals surface area contributed by atoms with Crippen LogP contribution in [0.25, 0.3) is 0 Å². The number of aliphatic carboxylic acids is 1. The molecule has 0 spiro atoms. The Bertz CT molecular complexity index is 484. The van der Waals surface area contributed by atoms with Gasteiger partial charge in [0.05, 0.1) is 0 Å². The summed E-state index contributed by atoms with van der Waals surface area (Å²) in [6.45, 7) is 3.53. The van der Waals surface area contributed by atoms with Crippen molar-refractivity contribution in [2.45, 2.75) is 13.0 Å². The van der Waals surface area contributed by atoms with Crippen LogP contribution in [0.5, 0.6) is 0 Å². The minimum Gasteiger partial charge on any atom is -0.480 e. The maximum absolute atomic E-state index is 11.3. The van der Waals surface area contributed by atoms with E-state index in [9.17, 15) is 14.7 Å². The lowest BCUT2D eigenvalue weighted by Gasteiger charge is -2.39. The van der Waals surface area contributed by atoms with Gasteiger partial charge in [-0.05, 0) is 38.2 Å². The van der Waals surface area contributed by atoms with E-state index in [1.807, 2.05) is 29.0 Å². The summed E-state index contributed by atoms with van der Waals surface area (Å²) < 4.78 is 0. The number of hydrogen-bond donors (Lipinski definition) is 1. The zero-order valence-corrected chi connectivity index (χ0v) is 11.2. The lowest BCUT2D eigenvalue weighted by Crippen LogP contribution is -2.55. The Labute approximate surface area is 112 Å². The van der Waals surface area contributed by atoms with E-state index in [-0.39, 0.29) is 5.78 Å². The molecule has 5 heteroatoms. The number of hydrogen-bond acceptors (Lipinski definition) is 4. The highest BCUT2D eigenvalue weighted by atomic mass is 16.4. The summed E-state index contributed by atoms with van der Waals surface area (Å²) >= 11 is 0. The van der Waals surface area contributed by atoms with Crippen LogP contribution >= 0.6 is 0 Å². The fraction of sp³-hybridized carbons (Fsp3) is 0.429. The van der Waals surface area contributed by atoms with Gasteiger partial charge in [0, 0.05) is 30.9 Å². The van der Waals surface area contributed by atoms with E-state index < -0.39 is 12.0 Å². The second kappa shape index (κ2) is 5.40. The summed E-state index contributed by atoms with van der Waals surface area (Å²) in [5, 5.41) is 9.31. The van der Waals surface area contributed by atoms with E-state index in [2.05, 4.69) is 0 Å². The van der Waals surface area contributed by atoms with Crippen LogP contribution in [0.15, 0.2) is 24.3 Å². The van der Waals surface area contributed by atoms with Crippen molar-refractivity contribution in [2.24, 2.45) is 0 Å². The van der Waals surface area contributed by atoms with Gasteiger partial charge in [-0.2, -0.15) is 0 Å². The fourth-order valence-corrected chi connectivity index (χ4v) is 2.33. The molecular formula is C14H18N2O3. The van der Waals surface area contributed by atoms with E-state index >= 15 is 0 Å². The maximum Gasteiger partial charge on any atom is 0.327 e. The number of carboxylic acid groups (broad SMARTS) is 1. The summed E-state index contributed by atoms with van der Waals surface area (Å²) in [5.41, 5.74) is 1.50. The average Bonchev–Trinajstić information content (AvgIpc) is 2.38. The second-order valence-corrected chi connectivity index (χ2v) is 4.91. The van der Waals surface area contributed by atoms with Crippen molar-refractivity contribution < 1.29 is 14.7 Å². The number of carbonyl (C=O) groups excluding carboxylic acids is 1. The number of anilines is 1. The van der Waals surface area contributed by atoms with Gasteiger partial charge in [0.2, 0.25) is 0 Å². The van der Waals surface area contributed by atoms with E-state index in [1.165, 1.54) is 6.92 Å². The Morgan fingerprint density at radius 1 is 1.21 bits per heavy atom. The van der Waals surface area contributed by atoms with Crippen molar-refractivity contribution in [3.63, 3.8) is 0 Å². The molecule has 2 rings (SSSR count). The third-order valence-corrected chi connectivity index (χ3v) is 3.47. The monoisotopic (exact) mass is 262 g/mol. The molecule has 0 radical (unpaired) electrons. The molecule has 0 bridgehead atoms. The second-order valence-electron chi connectivity index (χ2n) is 4.91. The summed E-state index contributed by atoms with van der Waals surface area (Å²) in [4.78, 5) is 26.5. The van der Waals surface area contributed by atoms with Crippen LogP contribution in [0, 0.1) is 0 Å². The average molecular weight is 262 g/mol. The van der Waals surface area contributed by atoms with Crippen molar-refractivity contribution in [2.75, 3.05) is 31.6 Å². The highest BCUT2D eigenvalue weighted by Gasteiger charge is 2.30. The normalized spacial score (nSPS) is 20.3. The van der Waals surface area contributed by atoms with E-state index in [0.717, 1.165) is 12.2 Å². The van der Waals surface area contributed by atoms with Crippen molar-refractivity contribution in [1.82, 2.24) is 4.90 Å². The van der Waals surface area contributed by atoms with Crippen LogP contribution in [0.3, 0.4) is 0 Å². The van der Waals surface area contributed by atoms with Crippen molar-refractivity contribution >= 4 is 17.4 Å². The zero-order chi connectivity index (χ0) is 14.0. The lowest BCUT2D eigenvalue weighted by atomic mass is 10.1. The summed E-state index contributed by atoms with van der Waals surface area (Å²) in [7, 11) is 1.92. The van der Waals surface area contributed by atoms with E-state index in [1.54, 1.807) is 12.1 Å². The van der Waals surface area contributed by atoms with Gasteiger partial charge in [0.25, 0.3) is 0 Å². The van der Waals surface area contributed by atoms with Crippen LogP contribution < -0.4 is 4.90 Å². The molecule has 1 N–H and O–H groups in total. The molecule has 1 heterocycles. The number of benzene rings is 1. The molecule has 19 heavy (non-hydrogen) atoms. The van der Waals surface area contributed by atoms with E-state index in [4.69, 9.17) is 0 Å². The minimum absolute atomic E-state index is 0.0136. The molecule has 1 saturated heterocycles. The first-order chi connectivity index (χ1) is 8.99. The summed E-state index contributed by atoms with van der Waals surface area (Å²) in [6.07, 6.45) is 0. The fourth-order valence-electron chi connectivity index (χ4n) is 2.33. The third kappa shape index (κ3) is 2.93. The molecule has 102 valence electrons. The standard InChI is InChI=1S/C14H18N2O3/c1-10(17)11-3-5-12(6-4-11)16-8-7-15(2)9-13(16)14(18)19/h3-6,13H,7-9H2,1-2H3,(H,18,19). The van der Waals surface area contributed by atoms with Gasteiger partial charge in [0.15, 0.2) is 5.78 Å². The first-order valence-corrected chi connectivity index (χ1v) is 6.28. The molecule has 1 atom stereocenters. The molecule has 0 aliphatic carbocycles. The van der Waals surface area contributed by atoms with Crippen LogP contribution in [-0.2, 0) is 4.79 Å². The molecule has 1 aromatic rings. The Balaban J connectivity index is 2.23. The Morgan fingerprint density at radius 2 is 1.84 bits per heavy atom. The molecule has 0 amide bonds. The molecule has 0 aromatic heterocycles. The predicted octanol–water partition coefficient (Wildman–Crippen LogP) is 1.09. The van der Waals surface area contributed by atoms with Gasteiger partial charge in [-0.1, -0.05) is 0 Å². The molecule has 1 aromatic carbocycles. The number of piperazine rings is 1. The Kier molecular flexibility index (Phi) is 3.85. The molecule has 1 unspecified atom stereocenters. The van der Waals surface area contributed by atoms with Crippen molar-refractivity contribution in [3.05, 3.63) is 29.8 Å². The number of likely N-dealkylation sites (N-methyl/N-ethyl adjacent to an activating group) is 1. The molecule has 1 fully saturated rings. The summed E-state index contributed by atoms with van der Waals surface area (Å²) in [5.74, 6) is -0.804. The quantitative estimate of drug-likeness (QED) is 0.826. The Hall–Kier alpha value is -1.88. The highest BCUT2D eigenvalue weighted by molar-refractivity contribution is 5.94. The number of rotatable bonds is 3. The van der Waals surface area contributed by atoms with E-state index in [0.29, 0.717) is 18.7 Å². The number of carbonyl (C=O) groups is 2. The Morgan fingerprint density at radius 3 is 2.37 bits per heavy atom. The molecule has 5 nitrogen and oxygen atoms in total. The van der Waals surface area contributed by atoms with Gasteiger partial charge in [-0.3, -0.25) is 4.79 Å². The number of ketones is 1. The molecule has 1 aliphatic rings. The zero-order valence-electron chi connectivity index (χ0n) is 11.2. The largest absolute Gasteiger partial charge is 0.480 e. The lowest BCUT2D eigenvalue weighted by molar-refractivity contribution is -0.139. The van der Waals surface area contributed by atoms with Gasteiger partial charge >= 0.3 is 5.97 Å². The number of nitrogens with zero attached hydrogens (tertiary/aromatic N) is 2. The van der Waals surface area contributed by atoms with Gasteiger partial charge < -0.3 is 14.9 Å². The van der Waals surface area contributed by atoms with Crippen LogP contribution in [0.2, 0.25) is 0 Å². The van der Waals surface area contributed by atoms with Gasteiger partial charge in [-0.15, -0.1) is 0 Å². The van der Waals surface area contributed by atoms with Crippen molar-refractivity contribution in [3.8, 4) is 0 Å². The predicted molar refractivity (Wildman–Crippen MR) is 72.7 cm³/mol. The van der Waals surface area contributed by atoms with Crippen molar-refractivity contribution in [1.29, 1.82) is 0 Å². The van der Waals surface area contributed by atoms with Gasteiger partial charge in [-0.25, -0.2) is 4.79 Å². The molecule has 1 aliphatic heterocycles. The molecular weight excluding hydrogens is 244 g/mol. The number of carboxylic acids is 1. The smallest absolute Gasteiger partial charge is 0.327 e. The minimum atomic E-state index is -0.817. The first kappa shape index (κ1) is 13.5. The topological polar surface area (TPSA) is 60.9 Å². The number of Topliss-reactive ketones (excluding diaryl/α,β-unsaturated/α-hetero) is 1. The third-order valence-electron chi connectivity index (χ3n) is 3.47. The molecule has 0 saturated carbocycles.